The molecule has 112 valence electrons. The number of sulfonamides is 1. The highest BCUT2D eigenvalue weighted by atomic mass is 35.5. The Morgan fingerprint density at radius 1 is 1.30 bits per heavy atom. The third-order valence-corrected chi connectivity index (χ3v) is 4.43. The van der Waals surface area contributed by atoms with Crippen LogP contribution in [0.4, 0.5) is 0 Å². The second-order valence-electron chi connectivity index (χ2n) is 4.45. The van der Waals surface area contributed by atoms with Crippen LogP contribution in [-0.2, 0) is 14.8 Å². The lowest BCUT2D eigenvalue weighted by Gasteiger charge is -2.16. The van der Waals surface area contributed by atoms with E-state index in [0.29, 0.717) is 0 Å². The second kappa shape index (κ2) is 6.71. The van der Waals surface area contributed by atoms with Gasteiger partial charge in [0.1, 0.15) is 10.0 Å². The predicted octanol–water partition coefficient (Wildman–Crippen LogP) is 1.58. The van der Waals surface area contributed by atoms with E-state index in [0.717, 1.165) is 6.20 Å². The number of amides is 1. The highest BCUT2D eigenvalue weighted by molar-refractivity contribution is 7.89. The van der Waals surface area contributed by atoms with Crippen LogP contribution < -0.4 is 10.0 Å². The molecule has 0 aliphatic rings. The largest absolute Gasteiger partial charge is 0.353 e. The molecule has 0 aliphatic carbocycles. The Morgan fingerprint density at radius 3 is 2.40 bits per heavy atom. The summed E-state index contributed by atoms with van der Waals surface area (Å²) < 4.78 is 26.4. The number of hydrogen-bond acceptors (Lipinski definition) is 4. The molecule has 0 aromatic carbocycles. The average Bonchev–Trinajstić information content (AvgIpc) is 2.31. The lowest BCUT2D eigenvalue weighted by Crippen LogP contribution is -2.46. The van der Waals surface area contributed by atoms with E-state index < -0.39 is 22.0 Å². The summed E-state index contributed by atoms with van der Waals surface area (Å²) in [7, 11) is -3.90. The van der Waals surface area contributed by atoms with Gasteiger partial charge in [-0.15, -0.1) is 0 Å². The number of carbonyl (C=O) groups is 1. The fourth-order valence-corrected chi connectivity index (χ4v) is 2.82. The zero-order chi connectivity index (χ0) is 15.5. The minimum absolute atomic E-state index is 0.0104. The molecule has 0 saturated carbocycles. The Morgan fingerprint density at radius 2 is 1.90 bits per heavy atom. The summed E-state index contributed by atoms with van der Waals surface area (Å²) in [5, 5.41) is 2.64. The van der Waals surface area contributed by atoms with Crippen molar-refractivity contribution in [1.29, 1.82) is 0 Å². The highest BCUT2D eigenvalue weighted by Gasteiger charge is 2.23. The molecule has 20 heavy (non-hydrogen) atoms. The van der Waals surface area contributed by atoms with E-state index in [1.54, 1.807) is 13.8 Å². The maximum Gasteiger partial charge on any atom is 0.242 e. The van der Waals surface area contributed by atoms with E-state index in [2.05, 4.69) is 15.0 Å². The summed E-state index contributed by atoms with van der Waals surface area (Å²) in [5.74, 6) is -0.420. The Balaban J connectivity index is 2.89. The smallest absolute Gasteiger partial charge is 0.242 e. The van der Waals surface area contributed by atoms with Gasteiger partial charge in [0.05, 0.1) is 11.1 Å². The van der Waals surface area contributed by atoms with Gasteiger partial charge in [0.15, 0.2) is 0 Å². The molecular weight excluding hydrogens is 325 g/mol. The minimum Gasteiger partial charge on any atom is -0.353 e. The molecule has 0 saturated heterocycles. The van der Waals surface area contributed by atoms with Gasteiger partial charge in [-0.1, -0.05) is 23.2 Å². The second-order valence-corrected chi connectivity index (χ2v) is 6.93. The Kier molecular flexibility index (Phi) is 5.76. The molecule has 9 heteroatoms. The Hall–Kier alpha value is -0.890. The fraction of sp³-hybridized carbons (Fsp3) is 0.455. The quantitative estimate of drug-likeness (QED) is 0.797. The molecule has 1 aromatic rings. The number of carbonyl (C=O) groups excluding carboxylic acids is 1. The first-order valence-corrected chi connectivity index (χ1v) is 8.01. The number of rotatable bonds is 5. The lowest BCUT2D eigenvalue weighted by molar-refractivity contribution is -0.122. The summed E-state index contributed by atoms with van der Waals surface area (Å²) in [6, 6.07) is 0.171. The monoisotopic (exact) mass is 339 g/mol. The van der Waals surface area contributed by atoms with Crippen LogP contribution in [0.15, 0.2) is 17.2 Å². The summed E-state index contributed by atoms with van der Waals surface area (Å²) in [6.45, 7) is 5.00. The maximum atomic E-state index is 12.1. The molecule has 0 spiro atoms. The highest BCUT2D eigenvalue weighted by Crippen LogP contribution is 2.22. The number of nitrogens with one attached hydrogen (secondary N) is 2. The van der Waals surface area contributed by atoms with Crippen LogP contribution in [0.25, 0.3) is 0 Å². The molecule has 0 radical (unpaired) electrons. The summed E-state index contributed by atoms with van der Waals surface area (Å²) in [5.41, 5.74) is 0. The Labute approximate surface area is 127 Å². The van der Waals surface area contributed by atoms with E-state index in [9.17, 15) is 13.2 Å². The van der Waals surface area contributed by atoms with Crippen LogP contribution in [0, 0.1) is 0 Å². The molecule has 0 aliphatic heterocycles. The summed E-state index contributed by atoms with van der Waals surface area (Å²) in [6.07, 6.45) is 1.07. The van der Waals surface area contributed by atoms with Crippen LogP contribution in [0.2, 0.25) is 10.2 Å². The van der Waals surface area contributed by atoms with E-state index >= 15 is 0 Å². The number of nitrogens with zero attached hydrogens (tertiary/aromatic N) is 1. The van der Waals surface area contributed by atoms with Crippen molar-refractivity contribution in [2.75, 3.05) is 0 Å². The van der Waals surface area contributed by atoms with Crippen LogP contribution in [0.5, 0.6) is 0 Å². The van der Waals surface area contributed by atoms with Gasteiger partial charge in [-0.2, -0.15) is 4.72 Å². The first kappa shape index (κ1) is 17.2. The van der Waals surface area contributed by atoms with Crippen LogP contribution in [-0.4, -0.2) is 31.4 Å². The van der Waals surface area contributed by atoms with Gasteiger partial charge in [0.2, 0.25) is 15.9 Å². The summed E-state index contributed by atoms with van der Waals surface area (Å²) >= 11 is 11.3. The van der Waals surface area contributed by atoms with Crippen LogP contribution >= 0.6 is 23.2 Å². The zero-order valence-electron chi connectivity index (χ0n) is 11.1. The predicted molar refractivity (Wildman–Crippen MR) is 77.3 cm³/mol. The Bertz CT molecular complexity index is 605. The van der Waals surface area contributed by atoms with E-state index in [-0.39, 0.29) is 21.1 Å². The van der Waals surface area contributed by atoms with Crippen molar-refractivity contribution in [1.82, 2.24) is 15.0 Å². The first-order chi connectivity index (χ1) is 9.13. The molecule has 2 N–H and O–H groups in total. The average molecular weight is 340 g/mol. The van der Waals surface area contributed by atoms with Gasteiger partial charge in [-0.3, -0.25) is 4.79 Å². The molecule has 1 atom stereocenters. The van der Waals surface area contributed by atoms with Crippen molar-refractivity contribution in [2.24, 2.45) is 0 Å². The molecule has 6 nitrogen and oxygen atoms in total. The standard InChI is InChI=1S/C11H15Cl2N3O3S/c1-6(2)15-11(17)7(3)16-20(18,19)8-4-9(12)10(13)14-5-8/h4-7,16H,1-3H3,(H,15,17). The van der Waals surface area contributed by atoms with E-state index in [1.807, 2.05) is 0 Å². The van der Waals surface area contributed by atoms with Gasteiger partial charge < -0.3 is 5.32 Å². The fourth-order valence-electron chi connectivity index (χ4n) is 1.31. The van der Waals surface area contributed by atoms with Crippen molar-refractivity contribution in [3.8, 4) is 0 Å². The van der Waals surface area contributed by atoms with Crippen molar-refractivity contribution < 1.29 is 13.2 Å². The van der Waals surface area contributed by atoms with Gasteiger partial charge in [0, 0.05) is 12.2 Å². The molecule has 0 bridgehead atoms. The molecule has 1 aromatic heterocycles. The summed E-state index contributed by atoms with van der Waals surface area (Å²) in [4.78, 5) is 15.2. The van der Waals surface area contributed by atoms with Gasteiger partial charge in [-0.05, 0) is 26.8 Å². The van der Waals surface area contributed by atoms with Crippen LogP contribution in [0.3, 0.4) is 0 Å². The topological polar surface area (TPSA) is 88.2 Å². The van der Waals surface area contributed by atoms with Crippen molar-refractivity contribution in [3.63, 3.8) is 0 Å². The SMILES string of the molecule is CC(C)NC(=O)C(C)NS(=O)(=O)c1cnc(Cl)c(Cl)c1. The molecule has 1 amide bonds. The van der Waals surface area contributed by atoms with Gasteiger partial charge in [-0.25, -0.2) is 13.4 Å². The molecule has 1 rings (SSSR count). The molecule has 1 heterocycles. The maximum absolute atomic E-state index is 12.1. The van der Waals surface area contributed by atoms with E-state index in [1.165, 1.54) is 13.0 Å². The minimum atomic E-state index is -3.90. The third kappa shape index (κ3) is 4.59. The zero-order valence-corrected chi connectivity index (χ0v) is 13.5. The van der Waals surface area contributed by atoms with Crippen molar-refractivity contribution in [3.05, 3.63) is 22.4 Å². The number of pyridine rings is 1. The molecule has 0 fully saturated rings. The number of halogens is 2. The third-order valence-electron chi connectivity index (χ3n) is 2.24. The normalized spacial score (nSPS) is 13.3. The van der Waals surface area contributed by atoms with E-state index in [4.69, 9.17) is 23.2 Å². The lowest BCUT2D eigenvalue weighted by atomic mass is 10.3. The molecule has 1 unspecified atom stereocenters. The van der Waals surface area contributed by atoms with Gasteiger partial charge >= 0.3 is 0 Å². The van der Waals surface area contributed by atoms with Crippen molar-refractivity contribution in [2.45, 2.75) is 37.8 Å². The molecular formula is C11H15Cl2N3O3S. The van der Waals surface area contributed by atoms with Crippen molar-refractivity contribution >= 4 is 39.1 Å². The van der Waals surface area contributed by atoms with Gasteiger partial charge in [0.25, 0.3) is 0 Å². The number of hydrogen-bond donors (Lipinski definition) is 2. The van der Waals surface area contributed by atoms with Crippen LogP contribution in [0.1, 0.15) is 20.8 Å². The first-order valence-electron chi connectivity index (χ1n) is 5.77. The number of aromatic nitrogens is 1.